The summed E-state index contributed by atoms with van der Waals surface area (Å²) in [5.41, 5.74) is 7.11. The number of aromatic nitrogens is 1. The normalized spacial score (nSPS) is 9.94. The standard InChI is InChI=1S/C11H12N4OS/c1-7-9(12)17-11(13-7)15-10(16)14-8-5-3-2-4-6-8/h2-6H,12H2,1H3,(H2,13,14,15,16). The van der Waals surface area contributed by atoms with Crippen molar-refractivity contribution in [2.45, 2.75) is 6.92 Å². The van der Waals surface area contributed by atoms with Crippen molar-refractivity contribution in [3.05, 3.63) is 36.0 Å². The van der Waals surface area contributed by atoms with Gasteiger partial charge in [-0.2, -0.15) is 0 Å². The van der Waals surface area contributed by atoms with Crippen LogP contribution >= 0.6 is 11.3 Å². The second-order valence-corrected chi connectivity index (χ2v) is 4.44. The van der Waals surface area contributed by atoms with E-state index < -0.39 is 0 Å². The Hall–Kier alpha value is -2.08. The molecule has 0 saturated heterocycles. The summed E-state index contributed by atoms with van der Waals surface area (Å²) in [4.78, 5) is 15.7. The number of aryl methyl sites for hydroxylation is 1. The van der Waals surface area contributed by atoms with Gasteiger partial charge >= 0.3 is 6.03 Å². The molecule has 0 radical (unpaired) electrons. The molecule has 6 heteroatoms. The molecule has 2 aromatic rings. The van der Waals surface area contributed by atoms with Gasteiger partial charge in [0.25, 0.3) is 0 Å². The van der Waals surface area contributed by atoms with Gasteiger partial charge in [-0.15, -0.1) is 0 Å². The van der Waals surface area contributed by atoms with Gasteiger partial charge in [0, 0.05) is 5.69 Å². The van der Waals surface area contributed by atoms with Crippen molar-refractivity contribution in [3.63, 3.8) is 0 Å². The molecule has 0 bridgehead atoms. The molecular formula is C11H12N4OS. The van der Waals surface area contributed by atoms with Crippen molar-refractivity contribution in [2.75, 3.05) is 16.4 Å². The summed E-state index contributed by atoms with van der Waals surface area (Å²) >= 11 is 1.25. The molecule has 0 atom stereocenters. The average molecular weight is 248 g/mol. The summed E-state index contributed by atoms with van der Waals surface area (Å²) in [6, 6.07) is 8.86. The lowest BCUT2D eigenvalue weighted by Gasteiger charge is -2.04. The third kappa shape index (κ3) is 2.94. The summed E-state index contributed by atoms with van der Waals surface area (Å²) in [6.45, 7) is 1.80. The monoisotopic (exact) mass is 248 g/mol. The van der Waals surface area contributed by atoms with E-state index >= 15 is 0 Å². The summed E-state index contributed by atoms with van der Waals surface area (Å²) in [7, 11) is 0. The van der Waals surface area contributed by atoms with Gasteiger partial charge in [0.15, 0.2) is 5.13 Å². The average Bonchev–Trinajstić information content (AvgIpc) is 2.59. The number of nitrogens with two attached hydrogens (primary N) is 1. The third-order valence-electron chi connectivity index (χ3n) is 2.08. The first kappa shape index (κ1) is 11.4. The number of amides is 2. The van der Waals surface area contributed by atoms with E-state index in [1.165, 1.54) is 11.3 Å². The van der Waals surface area contributed by atoms with E-state index in [4.69, 9.17) is 5.73 Å². The van der Waals surface area contributed by atoms with Gasteiger partial charge in [0.2, 0.25) is 0 Å². The van der Waals surface area contributed by atoms with Crippen LogP contribution in [0.4, 0.5) is 20.6 Å². The first-order valence-electron chi connectivity index (χ1n) is 5.01. The molecule has 0 aliphatic heterocycles. The van der Waals surface area contributed by atoms with E-state index in [9.17, 15) is 4.79 Å². The smallest absolute Gasteiger partial charge is 0.325 e. The van der Waals surface area contributed by atoms with Crippen LogP contribution in [0, 0.1) is 6.92 Å². The van der Waals surface area contributed by atoms with Crippen molar-refractivity contribution in [1.29, 1.82) is 0 Å². The molecule has 2 rings (SSSR count). The molecule has 17 heavy (non-hydrogen) atoms. The zero-order valence-electron chi connectivity index (χ0n) is 9.23. The Balaban J connectivity index is 1.98. The zero-order chi connectivity index (χ0) is 12.3. The minimum Gasteiger partial charge on any atom is -0.389 e. The van der Waals surface area contributed by atoms with Gasteiger partial charge in [-0.3, -0.25) is 5.32 Å². The van der Waals surface area contributed by atoms with Crippen LogP contribution in [0.1, 0.15) is 5.69 Å². The highest BCUT2D eigenvalue weighted by atomic mass is 32.1. The summed E-state index contributed by atoms with van der Waals surface area (Å²) < 4.78 is 0. The number of urea groups is 1. The summed E-state index contributed by atoms with van der Waals surface area (Å²) in [5.74, 6) is 0. The predicted molar refractivity (Wildman–Crippen MR) is 70.3 cm³/mol. The fraction of sp³-hybridized carbons (Fsp3) is 0.0909. The van der Waals surface area contributed by atoms with E-state index in [2.05, 4.69) is 15.6 Å². The second-order valence-electron chi connectivity index (χ2n) is 3.41. The van der Waals surface area contributed by atoms with Gasteiger partial charge in [-0.25, -0.2) is 9.78 Å². The molecule has 0 fully saturated rings. The van der Waals surface area contributed by atoms with Crippen LogP contribution in [0.2, 0.25) is 0 Å². The van der Waals surface area contributed by atoms with Crippen LogP contribution in [-0.4, -0.2) is 11.0 Å². The minimum absolute atomic E-state index is 0.329. The number of para-hydroxylation sites is 1. The molecule has 0 saturated carbocycles. The number of rotatable bonds is 2. The number of carbonyl (C=O) groups is 1. The number of thiazole rings is 1. The molecule has 2 amide bonds. The van der Waals surface area contributed by atoms with Crippen molar-refractivity contribution in [3.8, 4) is 0 Å². The van der Waals surface area contributed by atoms with Crippen LogP contribution in [-0.2, 0) is 0 Å². The van der Waals surface area contributed by atoms with Crippen LogP contribution in [0.15, 0.2) is 30.3 Å². The van der Waals surface area contributed by atoms with Crippen molar-refractivity contribution in [1.82, 2.24) is 4.98 Å². The number of nitrogen functional groups attached to an aromatic ring is 1. The lowest BCUT2D eigenvalue weighted by molar-refractivity contribution is 0.262. The predicted octanol–water partition coefficient (Wildman–Crippen LogP) is 2.68. The second kappa shape index (κ2) is 4.84. The number of anilines is 3. The van der Waals surface area contributed by atoms with E-state index in [0.29, 0.717) is 10.1 Å². The zero-order valence-corrected chi connectivity index (χ0v) is 10.0. The Labute approximate surface area is 103 Å². The van der Waals surface area contributed by atoms with Crippen LogP contribution in [0.25, 0.3) is 0 Å². The van der Waals surface area contributed by atoms with Crippen molar-refractivity contribution < 1.29 is 4.79 Å². The molecule has 4 N–H and O–H groups in total. The Morgan fingerprint density at radius 3 is 2.59 bits per heavy atom. The van der Waals surface area contributed by atoms with Crippen LogP contribution < -0.4 is 16.4 Å². The number of nitrogens with one attached hydrogen (secondary N) is 2. The van der Waals surface area contributed by atoms with Crippen molar-refractivity contribution in [2.24, 2.45) is 0 Å². The minimum atomic E-state index is -0.329. The fourth-order valence-electron chi connectivity index (χ4n) is 1.24. The molecule has 0 aliphatic carbocycles. The number of benzene rings is 1. The summed E-state index contributed by atoms with van der Waals surface area (Å²) in [5, 5.41) is 6.43. The van der Waals surface area contributed by atoms with E-state index in [1.54, 1.807) is 19.1 Å². The molecule has 1 heterocycles. The quantitative estimate of drug-likeness (QED) is 0.764. The maximum Gasteiger partial charge on any atom is 0.325 e. The number of hydrogen-bond donors (Lipinski definition) is 3. The maximum absolute atomic E-state index is 11.6. The highest BCUT2D eigenvalue weighted by Gasteiger charge is 2.07. The molecule has 0 aliphatic rings. The largest absolute Gasteiger partial charge is 0.389 e. The van der Waals surface area contributed by atoms with Gasteiger partial charge < -0.3 is 11.1 Å². The molecule has 0 spiro atoms. The Morgan fingerprint density at radius 1 is 1.29 bits per heavy atom. The lowest BCUT2D eigenvalue weighted by Crippen LogP contribution is -2.19. The molecule has 1 aromatic heterocycles. The van der Waals surface area contributed by atoms with E-state index in [1.807, 2.05) is 18.2 Å². The molecule has 88 valence electrons. The molecule has 5 nitrogen and oxygen atoms in total. The van der Waals surface area contributed by atoms with Gasteiger partial charge in [0.05, 0.1) is 5.69 Å². The Morgan fingerprint density at radius 2 is 2.00 bits per heavy atom. The Kier molecular flexibility index (Phi) is 3.24. The lowest BCUT2D eigenvalue weighted by atomic mass is 10.3. The highest BCUT2D eigenvalue weighted by molar-refractivity contribution is 7.19. The topological polar surface area (TPSA) is 80.0 Å². The first-order chi connectivity index (χ1) is 8.15. The Bertz CT molecular complexity index is 504. The van der Waals surface area contributed by atoms with Crippen LogP contribution in [0.5, 0.6) is 0 Å². The van der Waals surface area contributed by atoms with Crippen LogP contribution in [0.3, 0.4) is 0 Å². The first-order valence-corrected chi connectivity index (χ1v) is 5.83. The molecule has 0 unspecified atom stereocenters. The van der Waals surface area contributed by atoms with Gasteiger partial charge in [-0.05, 0) is 19.1 Å². The number of carbonyl (C=O) groups excluding carboxylic acids is 1. The maximum atomic E-state index is 11.6. The molecule has 1 aromatic carbocycles. The summed E-state index contributed by atoms with van der Waals surface area (Å²) in [6.07, 6.45) is 0. The SMILES string of the molecule is Cc1nc(NC(=O)Nc2ccccc2)sc1N. The van der Waals surface area contributed by atoms with E-state index in [0.717, 1.165) is 11.4 Å². The number of hydrogen-bond acceptors (Lipinski definition) is 4. The van der Waals surface area contributed by atoms with Crippen molar-refractivity contribution >= 4 is 33.2 Å². The van der Waals surface area contributed by atoms with E-state index in [-0.39, 0.29) is 6.03 Å². The molecular weight excluding hydrogens is 236 g/mol. The van der Waals surface area contributed by atoms with Gasteiger partial charge in [-0.1, -0.05) is 29.5 Å². The third-order valence-corrected chi connectivity index (χ3v) is 2.99. The van der Waals surface area contributed by atoms with Gasteiger partial charge in [0.1, 0.15) is 5.00 Å². The fourth-order valence-corrected chi connectivity index (χ4v) is 1.97. The highest BCUT2D eigenvalue weighted by Crippen LogP contribution is 2.24. The number of nitrogens with zero attached hydrogens (tertiary/aromatic N) is 1.